The van der Waals surface area contributed by atoms with Crippen molar-refractivity contribution in [1.29, 1.82) is 0 Å². The summed E-state index contributed by atoms with van der Waals surface area (Å²) < 4.78 is 77.8. The fraction of sp³-hybridized carbons (Fsp3) is 0.355. The van der Waals surface area contributed by atoms with Crippen LogP contribution in [0.4, 0.5) is 22.0 Å². The quantitative estimate of drug-likeness (QED) is 0.225. The number of aliphatic hydroxyl groups is 1. The maximum absolute atomic E-state index is 13.4. The summed E-state index contributed by atoms with van der Waals surface area (Å²) in [6, 6.07) is 8.40. The molecule has 0 spiro atoms. The topological polar surface area (TPSA) is 142 Å². The number of hydrogen-bond donors (Lipinski definition) is 3. The molecule has 2 aliphatic rings. The molecule has 0 saturated heterocycles. The number of nitrogens with zero attached hydrogens (tertiary/aromatic N) is 3. The molecular weight excluding hydrogens is 617 g/mol. The first kappa shape index (κ1) is 31.2. The Morgan fingerprint density at radius 2 is 1.89 bits per heavy atom. The number of aromatic nitrogens is 3. The highest BCUT2D eigenvalue weighted by Gasteiger charge is 2.50. The fourth-order valence-corrected chi connectivity index (χ4v) is 5.65. The van der Waals surface area contributed by atoms with E-state index >= 15 is 0 Å². The predicted molar refractivity (Wildman–Crippen MR) is 153 cm³/mol. The summed E-state index contributed by atoms with van der Waals surface area (Å²) in [5, 5.41) is 18.8. The molecule has 1 aliphatic heterocycles. The summed E-state index contributed by atoms with van der Waals surface area (Å²) in [5.74, 6) is -1.49. The van der Waals surface area contributed by atoms with Gasteiger partial charge in [-0.05, 0) is 56.0 Å². The number of fused-ring (bicyclic) bond motifs is 2. The Morgan fingerprint density at radius 3 is 2.48 bits per heavy atom. The molecule has 4 N–H and O–H groups in total. The third-order valence-corrected chi connectivity index (χ3v) is 8.59. The number of ether oxygens (including phenoxy) is 2. The van der Waals surface area contributed by atoms with E-state index in [1.165, 1.54) is 37.4 Å². The van der Waals surface area contributed by atoms with E-state index in [0.29, 0.717) is 23.1 Å². The van der Waals surface area contributed by atoms with Crippen LogP contribution in [0, 0.1) is 5.92 Å². The molecule has 6 rings (SSSR count). The molecule has 0 bridgehead atoms. The van der Waals surface area contributed by atoms with E-state index in [0.717, 1.165) is 18.3 Å². The van der Waals surface area contributed by atoms with Crippen molar-refractivity contribution in [3.05, 3.63) is 71.0 Å². The molecule has 2 aromatic carbocycles. The zero-order valence-corrected chi connectivity index (χ0v) is 24.5. The number of benzene rings is 2. The number of nitrogens with two attached hydrogens (primary N) is 1. The molecule has 2 aromatic heterocycles. The number of carbonyl (C=O) groups excluding carboxylic acids is 2. The smallest absolute Gasteiger partial charge is 0.416 e. The first-order chi connectivity index (χ1) is 21.7. The lowest BCUT2D eigenvalue weighted by molar-refractivity contribution is -0.137. The molecule has 1 aliphatic carbocycles. The Balaban J connectivity index is 1.38. The molecule has 0 radical (unpaired) electrons. The minimum atomic E-state index is -4.57. The Kier molecular flexibility index (Phi) is 7.41. The average Bonchev–Trinajstić information content (AvgIpc) is 3.70. The van der Waals surface area contributed by atoms with Gasteiger partial charge >= 0.3 is 12.7 Å². The third kappa shape index (κ3) is 5.27. The summed E-state index contributed by atoms with van der Waals surface area (Å²) in [7, 11) is 1.31. The van der Waals surface area contributed by atoms with Crippen molar-refractivity contribution >= 4 is 22.7 Å². The Morgan fingerprint density at radius 1 is 1.20 bits per heavy atom. The maximum Gasteiger partial charge on any atom is 0.416 e. The molecule has 2 amide bonds. The Hall–Kier alpha value is -4.79. The lowest BCUT2D eigenvalue weighted by Crippen LogP contribution is -2.44. The molecule has 1 saturated carbocycles. The van der Waals surface area contributed by atoms with E-state index < -0.39 is 41.1 Å². The Labute approximate surface area is 258 Å². The Bertz CT molecular complexity index is 1860. The SMILES string of the molecule is COc1cc(C(=O)NC[C@](O)(c2cc3c(c(-c4ccc(C(F)(F)F)cc4)n2)OC[C@]3(C)C(N)=O)C2CC2)cc2cn(C(F)F)nc12. The van der Waals surface area contributed by atoms with Crippen molar-refractivity contribution in [2.75, 3.05) is 20.3 Å². The van der Waals surface area contributed by atoms with Gasteiger partial charge in [0.05, 0.1) is 24.9 Å². The second-order valence-corrected chi connectivity index (χ2v) is 11.7. The lowest BCUT2D eigenvalue weighted by Gasteiger charge is -2.30. The van der Waals surface area contributed by atoms with Gasteiger partial charge in [0.15, 0.2) is 0 Å². The van der Waals surface area contributed by atoms with E-state index in [4.69, 9.17) is 15.2 Å². The van der Waals surface area contributed by atoms with Crippen LogP contribution in [-0.4, -0.2) is 51.9 Å². The zero-order chi connectivity index (χ0) is 33.2. The van der Waals surface area contributed by atoms with Gasteiger partial charge in [-0.25, -0.2) is 9.67 Å². The van der Waals surface area contributed by atoms with E-state index in [9.17, 15) is 36.6 Å². The molecule has 2 atom stereocenters. The molecule has 46 heavy (non-hydrogen) atoms. The van der Waals surface area contributed by atoms with Crippen LogP contribution in [0.25, 0.3) is 22.2 Å². The van der Waals surface area contributed by atoms with Gasteiger partial charge < -0.3 is 25.6 Å². The lowest BCUT2D eigenvalue weighted by atomic mass is 9.81. The molecule has 10 nitrogen and oxygen atoms in total. The van der Waals surface area contributed by atoms with Gasteiger partial charge in [-0.3, -0.25) is 9.59 Å². The van der Waals surface area contributed by atoms with Crippen LogP contribution in [0.5, 0.6) is 11.5 Å². The summed E-state index contributed by atoms with van der Waals surface area (Å²) in [6.45, 7) is -1.85. The van der Waals surface area contributed by atoms with Crippen LogP contribution >= 0.6 is 0 Å². The van der Waals surface area contributed by atoms with Gasteiger partial charge in [0.25, 0.3) is 5.91 Å². The zero-order valence-electron chi connectivity index (χ0n) is 24.5. The second-order valence-electron chi connectivity index (χ2n) is 11.7. The summed E-state index contributed by atoms with van der Waals surface area (Å²) in [4.78, 5) is 30.6. The van der Waals surface area contributed by atoms with Crippen molar-refractivity contribution in [3.63, 3.8) is 0 Å². The number of alkyl halides is 5. The van der Waals surface area contributed by atoms with Gasteiger partial charge in [0, 0.05) is 28.3 Å². The molecule has 15 heteroatoms. The van der Waals surface area contributed by atoms with Crippen LogP contribution in [0.15, 0.2) is 48.7 Å². The number of rotatable bonds is 9. The number of methoxy groups -OCH3 is 1. The number of hydrogen-bond acceptors (Lipinski definition) is 7. The van der Waals surface area contributed by atoms with E-state index in [2.05, 4.69) is 15.4 Å². The number of amides is 2. The second kappa shape index (κ2) is 10.9. The molecule has 242 valence electrons. The number of pyridine rings is 1. The van der Waals surface area contributed by atoms with E-state index in [1.54, 1.807) is 6.92 Å². The number of halogens is 5. The van der Waals surface area contributed by atoms with Crippen molar-refractivity contribution < 1.29 is 46.1 Å². The van der Waals surface area contributed by atoms with Crippen molar-refractivity contribution in [3.8, 4) is 22.8 Å². The third-order valence-electron chi connectivity index (χ3n) is 8.59. The monoisotopic (exact) mass is 645 g/mol. The summed E-state index contributed by atoms with van der Waals surface area (Å²) >= 11 is 0. The molecule has 1 fully saturated rings. The fourth-order valence-electron chi connectivity index (χ4n) is 5.65. The first-order valence-electron chi connectivity index (χ1n) is 14.2. The van der Waals surface area contributed by atoms with Crippen LogP contribution in [-0.2, 0) is 22.0 Å². The highest BCUT2D eigenvalue weighted by molar-refractivity contribution is 6.00. The highest BCUT2D eigenvalue weighted by Crippen LogP contribution is 2.50. The number of primary amides is 1. The first-order valence-corrected chi connectivity index (χ1v) is 14.2. The van der Waals surface area contributed by atoms with Gasteiger partial charge in [-0.1, -0.05) is 12.1 Å². The van der Waals surface area contributed by atoms with Crippen molar-refractivity contribution in [2.24, 2.45) is 11.7 Å². The van der Waals surface area contributed by atoms with Crippen LogP contribution in [0.2, 0.25) is 0 Å². The normalized spacial score (nSPS) is 19.1. The molecule has 3 heterocycles. The molecule has 0 unspecified atom stereocenters. The number of carbonyl (C=O) groups is 2. The van der Waals surface area contributed by atoms with Gasteiger partial charge in [0.1, 0.15) is 40.3 Å². The van der Waals surface area contributed by atoms with Gasteiger partial charge in [-0.15, -0.1) is 0 Å². The average molecular weight is 646 g/mol. The van der Waals surface area contributed by atoms with Gasteiger partial charge in [0.2, 0.25) is 5.91 Å². The predicted octanol–water partition coefficient (Wildman–Crippen LogP) is 4.68. The highest BCUT2D eigenvalue weighted by atomic mass is 19.4. The van der Waals surface area contributed by atoms with Gasteiger partial charge in [-0.2, -0.15) is 27.1 Å². The van der Waals surface area contributed by atoms with Crippen LogP contribution in [0.1, 0.15) is 53.5 Å². The minimum Gasteiger partial charge on any atom is -0.494 e. The number of nitrogens with one attached hydrogen (secondary N) is 1. The minimum absolute atomic E-state index is 0.0540. The van der Waals surface area contributed by atoms with Crippen molar-refractivity contribution in [2.45, 2.75) is 43.5 Å². The standard InChI is InChI=1S/C31H28F5N5O5/c1-29(27(37)43)14-46-25-20(29)11-22(39-24(25)15-3-5-19(6-4-15)31(34,35)36)30(44,18-7-8-18)13-38-26(42)16-9-17-12-41(28(32)33)40-23(17)21(10-16)45-2/h3-6,9-12,18,28,44H,7-8,13-14H2,1-2H3,(H2,37,43)(H,38,42)/t29-,30+/m0/s1. The van der Waals surface area contributed by atoms with E-state index in [1.807, 2.05) is 0 Å². The van der Waals surface area contributed by atoms with E-state index in [-0.39, 0.29) is 64.0 Å². The summed E-state index contributed by atoms with van der Waals surface area (Å²) in [6.07, 6.45) is -2.33. The maximum atomic E-state index is 13.4. The van der Waals surface area contributed by atoms with Crippen LogP contribution < -0.4 is 20.5 Å². The summed E-state index contributed by atoms with van der Waals surface area (Å²) in [5.41, 5.74) is 2.64. The largest absolute Gasteiger partial charge is 0.494 e. The van der Waals surface area contributed by atoms with Crippen molar-refractivity contribution in [1.82, 2.24) is 20.1 Å². The molecular formula is C31H28F5N5O5. The van der Waals surface area contributed by atoms with Crippen LogP contribution in [0.3, 0.4) is 0 Å². The molecule has 4 aromatic rings.